The normalized spacial score (nSPS) is 10.5. The van der Waals surface area contributed by atoms with Gasteiger partial charge in [-0.15, -0.1) is 0 Å². The first-order valence-electron chi connectivity index (χ1n) is 6.29. The number of fused-ring (bicyclic) bond motifs is 1. The minimum atomic E-state index is -0.923. The lowest BCUT2D eigenvalue weighted by atomic mass is 10.1. The fraction of sp³-hybridized carbons (Fsp3) is 0.286. The van der Waals surface area contributed by atoms with Crippen molar-refractivity contribution >= 4 is 28.6 Å². The van der Waals surface area contributed by atoms with Crippen LogP contribution in [0.1, 0.15) is 12.0 Å². The Bertz CT molecular complexity index is 648. The Morgan fingerprint density at radius 2 is 2.15 bits per heavy atom. The van der Waals surface area contributed by atoms with E-state index in [-0.39, 0.29) is 19.0 Å². The number of nitrogens with one attached hydrogen (secondary N) is 2. The number of aryl methyl sites for hydroxylation is 1. The van der Waals surface area contributed by atoms with Gasteiger partial charge >= 0.3 is 12.0 Å². The van der Waals surface area contributed by atoms with Gasteiger partial charge in [-0.2, -0.15) is 0 Å². The van der Waals surface area contributed by atoms with Crippen molar-refractivity contribution in [1.29, 1.82) is 0 Å². The first kappa shape index (κ1) is 13.9. The number of aromatic nitrogens is 1. The number of carbonyl (C=O) groups is 2. The summed E-state index contributed by atoms with van der Waals surface area (Å²) >= 11 is 0. The van der Waals surface area contributed by atoms with Gasteiger partial charge in [-0.05, 0) is 36.1 Å². The molecule has 0 unspecified atom stereocenters. The minimum Gasteiger partial charge on any atom is -0.481 e. The van der Waals surface area contributed by atoms with E-state index in [9.17, 15) is 9.59 Å². The van der Waals surface area contributed by atoms with Gasteiger partial charge in [-0.1, -0.05) is 0 Å². The number of amides is 2. The highest BCUT2D eigenvalue weighted by Gasteiger charge is 2.12. The van der Waals surface area contributed by atoms with Gasteiger partial charge in [0.25, 0.3) is 0 Å². The molecule has 106 valence electrons. The van der Waals surface area contributed by atoms with Gasteiger partial charge < -0.3 is 20.3 Å². The van der Waals surface area contributed by atoms with E-state index in [1.807, 2.05) is 31.3 Å². The number of anilines is 1. The molecular weight excluding hydrogens is 258 g/mol. The molecular formula is C14H17N3O3. The van der Waals surface area contributed by atoms with Crippen molar-refractivity contribution in [3.8, 4) is 0 Å². The quantitative estimate of drug-likeness (QED) is 0.801. The fourth-order valence-corrected chi connectivity index (χ4v) is 1.92. The number of urea groups is 1. The Balaban J connectivity index is 2.08. The van der Waals surface area contributed by atoms with Crippen LogP contribution in [0.5, 0.6) is 0 Å². The zero-order valence-electron chi connectivity index (χ0n) is 11.4. The number of aromatic amines is 1. The molecule has 1 aromatic heterocycles. The van der Waals surface area contributed by atoms with Crippen molar-refractivity contribution < 1.29 is 14.7 Å². The second-order valence-corrected chi connectivity index (χ2v) is 4.73. The predicted octanol–water partition coefficient (Wildman–Crippen LogP) is 2.41. The van der Waals surface area contributed by atoms with Crippen LogP contribution in [0.25, 0.3) is 10.9 Å². The van der Waals surface area contributed by atoms with Gasteiger partial charge in [0.15, 0.2) is 0 Å². The van der Waals surface area contributed by atoms with Crippen LogP contribution in [-0.4, -0.2) is 40.6 Å². The summed E-state index contributed by atoms with van der Waals surface area (Å²) in [4.78, 5) is 26.9. The molecule has 6 heteroatoms. The molecule has 1 heterocycles. The van der Waals surface area contributed by atoms with Gasteiger partial charge in [0.1, 0.15) is 0 Å². The number of benzene rings is 1. The van der Waals surface area contributed by atoms with Crippen molar-refractivity contribution in [3.05, 3.63) is 30.0 Å². The minimum absolute atomic E-state index is 0.0709. The molecule has 0 saturated carbocycles. The van der Waals surface area contributed by atoms with E-state index in [4.69, 9.17) is 5.11 Å². The molecule has 6 nitrogen and oxygen atoms in total. The molecule has 3 N–H and O–H groups in total. The van der Waals surface area contributed by atoms with Crippen LogP contribution < -0.4 is 5.32 Å². The van der Waals surface area contributed by atoms with Crippen molar-refractivity contribution in [2.24, 2.45) is 0 Å². The van der Waals surface area contributed by atoms with E-state index in [0.717, 1.165) is 16.5 Å². The Labute approximate surface area is 116 Å². The standard InChI is InChI=1S/C14H17N3O3/c1-9-7-10-3-5-15-12(10)8-11(9)16-14(20)17(2)6-4-13(18)19/h3,5,7-8,15H,4,6H2,1-2H3,(H,16,20)(H,18,19). The molecule has 0 saturated heterocycles. The third-order valence-corrected chi connectivity index (χ3v) is 3.15. The third-order valence-electron chi connectivity index (χ3n) is 3.15. The molecule has 0 bridgehead atoms. The van der Waals surface area contributed by atoms with Gasteiger partial charge in [0, 0.05) is 31.0 Å². The molecule has 2 amide bonds. The summed E-state index contributed by atoms with van der Waals surface area (Å²) in [5.41, 5.74) is 2.61. The Morgan fingerprint density at radius 1 is 1.40 bits per heavy atom. The first-order chi connectivity index (χ1) is 9.47. The van der Waals surface area contributed by atoms with Crippen LogP contribution in [0, 0.1) is 6.92 Å². The second-order valence-electron chi connectivity index (χ2n) is 4.73. The molecule has 2 aromatic rings. The van der Waals surface area contributed by atoms with E-state index in [0.29, 0.717) is 5.69 Å². The van der Waals surface area contributed by atoms with Crippen molar-refractivity contribution in [2.45, 2.75) is 13.3 Å². The number of H-pyrrole nitrogens is 1. The Hall–Kier alpha value is -2.50. The average molecular weight is 275 g/mol. The average Bonchev–Trinajstić information content (AvgIpc) is 2.83. The van der Waals surface area contributed by atoms with E-state index in [1.54, 1.807) is 7.05 Å². The zero-order chi connectivity index (χ0) is 14.7. The van der Waals surface area contributed by atoms with Crippen LogP contribution >= 0.6 is 0 Å². The summed E-state index contributed by atoms with van der Waals surface area (Å²) in [5.74, 6) is -0.923. The molecule has 0 spiro atoms. The van der Waals surface area contributed by atoms with E-state index < -0.39 is 5.97 Å². The third kappa shape index (κ3) is 3.09. The summed E-state index contributed by atoms with van der Waals surface area (Å²) in [5, 5.41) is 12.5. The van der Waals surface area contributed by atoms with Gasteiger partial charge in [0.2, 0.25) is 0 Å². The van der Waals surface area contributed by atoms with Crippen LogP contribution in [0.15, 0.2) is 24.4 Å². The number of carbonyl (C=O) groups excluding carboxylic acids is 1. The molecule has 0 aliphatic rings. The van der Waals surface area contributed by atoms with E-state index in [1.165, 1.54) is 4.90 Å². The summed E-state index contributed by atoms with van der Waals surface area (Å²) in [6.07, 6.45) is 1.77. The van der Waals surface area contributed by atoms with Crippen molar-refractivity contribution in [2.75, 3.05) is 18.9 Å². The maximum absolute atomic E-state index is 12.0. The monoisotopic (exact) mass is 275 g/mol. The van der Waals surface area contributed by atoms with Gasteiger partial charge in [-0.25, -0.2) is 4.79 Å². The lowest BCUT2D eigenvalue weighted by Gasteiger charge is -2.18. The lowest BCUT2D eigenvalue weighted by molar-refractivity contribution is -0.137. The molecule has 2 rings (SSSR count). The lowest BCUT2D eigenvalue weighted by Crippen LogP contribution is -2.33. The van der Waals surface area contributed by atoms with Gasteiger partial charge in [-0.3, -0.25) is 4.79 Å². The summed E-state index contributed by atoms with van der Waals surface area (Å²) in [6.45, 7) is 2.09. The Morgan fingerprint density at radius 3 is 2.85 bits per heavy atom. The number of aliphatic carboxylic acids is 1. The number of rotatable bonds is 4. The molecule has 1 aromatic carbocycles. The van der Waals surface area contributed by atoms with Crippen LogP contribution in [-0.2, 0) is 4.79 Å². The summed E-state index contributed by atoms with van der Waals surface area (Å²) in [6, 6.07) is 5.50. The SMILES string of the molecule is Cc1cc2cc[nH]c2cc1NC(=O)N(C)CCC(=O)O. The summed E-state index contributed by atoms with van der Waals surface area (Å²) < 4.78 is 0. The highest BCUT2D eigenvalue weighted by molar-refractivity contribution is 5.94. The largest absolute Gasteiger partial charge is 0.481 e. The molecule has 0 radical (unpaired) electrons. The first-order valence-corrected chi connectivity index (χ1v) is 6.29. The van der Waals surface area contributed by atoms with Gasteiger partial charge in [0.05, 0.1) is 6.42 Å². The van der Waals surface area contributed by atoms with Crippen LogP contribution in [0.4, 0.5) is 10.5 Å². The zero-order valence-corrected chi connectivity index (χ0v) is 11.4. The van der Waals surface area contributed by atoms with Crippen LogP contribution in [0.2, 0.25) is 0 Å². The molecule has 0 aliphatic heterocycles. The molecule has 0 fully saturated rings. The fourth-order valence-electron chi connectivity index (χ4n) is 1.92. The smallest absolute Gasteiger partial charge is 0.321 e. The molecule has 0 atom stereocenters. The number of carboxylic acid groups (broad SMARTS) is 1. The summed E-state index contributed by atoms with van der Waals surface area (Å²) in [7, 11) is 1.57. The molecule has 0 aliphatic carbocycles. The highest BCUT2D eigenvalue weighted by Crippen LogP contribution is 2.22. The predicted molar refractivity (Wildman–Crippen MR) is 76.9 cm³/mol. The van der Waals surface area contributed by atoms with Crippen molar-refractivity contribution in [1.82, 2.24) is 9.88 Å². The maximum Gasteiger partial charge on any atom is 0.321 e. The van der Waals surface area contributed by atoms with Crippen LogP contribution in [0.3, 0.4) is 0 Å². The number of nitrogens with zero attached hydrogens (tertiary/aromatic N) is 1. The highest BCUT2D eigenvalue weighted by atomic mass is 16.4. The topological polar surface area (TPSA) is 85.4 Å². The van der Waals surface area contributed by atoms with E-state index >= 15 is 0 Å². The number of hydrogen-bond donors (Lipinski definition) is 3. The Kier molecular flexibility index (Phi) is 3.93. The maximum atomic E-state index is 12.0. The van der Waals surface area contributed by atoms with E-state index in [2.05, 4.69) is 10.3 Å². The number of carboxylic acids is 1. The van der Waals surface area contributed by atoms with Crippen molar-refractivity contribution in [3.63, 3.8) is 0 Å². The second kappa shape index (κ2) is 5.64. The number of hydrogen-bond acceptors (Lipinski definition) is 2. The molecule has 20 heavy (non-hydrogen) atoms.